The van der Waals surface area contributed by atoms with Gasteiger partial charge in [-0.3, -0.25) is 0 Å². The zero-order chi connectivity index (χ0) is 11.2. The van der Waals surface area contributed by atoms with Crippen molar-refractivity contribution in [2.45, 2.75) is 13.0 Å². The van der Waals surface area contributed by atoms with E-state index in [0.29, 0.717) is 0 Å². The highest BCUT2D eigenvalue weighted by Gasteiger charge is 2.15. The molecule has 0 spiro atoms. The molecule has 0 aliphatic rings. The molecule has 0 aliphatic carbocycles. The highest BCUT2D eigenvalue weighted by atomic mass is 79.9. The average Bonchev–Trinajstić information content (AvgIpc) is 2.39. The highest BCUT2D eigenvalue weighted by Crippen LogP contribution is 2.33. The summed E-state index contributed by atoms with van der Waals surface area (Å²) < 4.78 is 16.0. The summed E-state index contributed by atoms with van der Waals surface area (Å²) in [5.41, 5.74) is 7.71. The van der Waals surface area contributed by atoms with Gasteiger partial charge in [-0.1, -0.05) is 0 Å². The average molecular weight is 271 g/mol. The van der Waals surface area contributed by atoms with Gasteiger partial charge in [-0.05, 0) is 41.1 Å². The summed E-state index contributed by atoms with van der Waals surface area (Å²) in [6, 6.07) is 4.66. The Kier molecular flexibility index (Phi) is 2.56. The monoisotopic (exact) mass is 270 g/mol. The molecule has 0 bridgehead atoms. The molecule has 15 heavy (non-hydrogen) atoms. The lowest BCUT2D eigenvalue weighted by atomic mass is 10.2. The SMILES string of the molecule is CC(N)c1c(Br)c2ccc(F)cc2n1C. The minimum atomic E-state index is -0.230. The zero-order valence-electron chi connectivity index (χ0n) is 8.59. The van der Waals surface area contributed by atoms with E-state index in [4.69, 9.17) is 5.73 Å². The van der Waals surface area contributed by atoms with Crippen LogP contribution >= 0.6 is 15.9 Å². The number of rotatable bonds is 1. The van der Waals surface area contributed by atoms with Crippen LogP contribution in [0.1, 0.15) is 18.7 Å². The number of aryl methyl sites for hydroxylation is 1. The third-order valence-corrected chi connectivity index (χ3v) is 3.41. The Morgan fingerprint density at radius 3 is 2.73 bits per heavy atom. The van der Waals surface area contributed by atoms with Crippen molar-refractivity contribution in [3.8, 4) is 0 Å². The molecule has 0 aliphatic heterocycles. The molecule has 1 atom stereocenters. The molecule has 1 unspecified atom stereocenters. The summed E-state index contributed by atoms with van der Waals surface area (Å²) in [4.78, 5) is 0. The first kappa shape index (κ1) is 10.6. The van der Waals surface area contributed by atoms with Gasteiger partial charge in [0.25, 0.3) is 0 Å². The summed E-state index contributed by atoms with van der Waals surface area (Å²) in [6.45, 7) is 1.91. The predicted octanol–water partition coefficient (Wildman–Crippen LogP) is 3.10. The Hall–Kier alpha value is -0.870. The Morgan fingerprint density at radius 1 is 1.47 bits per heavy atom. The third-order valence-electron chi connectivity index (χ3n) is 2.58. The topological polar surface area (TPSA) is 30.9 Å². The van der Waals surface area contributed by atoms with Crippen LogP contribution in [-0.4, -0.2) is 4.57 Å². The van der Waals surface area contributed by atoms with Crippen molar-refractivity contribution in [1.82, 2.24) is 4.57 Å². The standard InChI is InChI=1S/C11H12BrFN2/c1-6(14)11-10(12)8-4-3-7(13)5-9(8)15(11)2/h3-6H,14H2,1-2H3. The van der Waals surface area contributed by atoms with E-state index < -0.39 is 0 Å². The Morgan fingerprint density at radius 2 is 2.13 bits per heavy atom. The second kappa shape index (κ2) is 3.61. The molecule has 1 aromatic carbocycles. The zero-order valence-corrected chi connectivity index (χ0v) is 10.2. The van der Waals surface area contributed by atoms with Gasteiger partial charge in [0.05, 0.1) is 5.52 Å². The number of hydrogen-bond donors (Lipinski definition) is 1. The number of fused-ring (bicyclic) bond motifs is 1. The fourth-order valence-electron chi connectivity index (χ4n) is 1.89. The van der Waals surface area contributed by atoms with Crippen LogP contribution in [0.2, 0.25) is 0 Å². The van der Waals surface area contributed by atoms with E-state index in [1.54, 1.807) is 6.07 Å². The van der Waals surface area contributed by atoms with Gasteiger partial charge in [-0.25, -0.2) is 4.39 Å². The van der Waals surface area contributed by atoms with Gasteiger partial charge in [-0.2, -0.15) is 0 Å². The van der Waals surface area contributed by atoms with E-state index in [1.807, 2.05) is 18.5 Å². The molecule has 0 amide bonds. The van der Waals surface area contributed by atoms with E-state index in [1.165, 1.54) is 12.1 Å². The second-order valence-corrected chi connectivity index (χ2v) is 4.50. The van der Waals surface area contributed by atoms with Crippen molar-refractivity contribution in [3.05, 3.63) is 34.2 Å². The predicted molar refractivity (Wildman–Crippen MR) is 63.2 cm³/mol. The summed E-state index contributed by atoms with van der Waals surface area (Å²) >= 11 is 3.50. The molecular formula is C11H12BrFN2. The fraction of sp³-hybridized carbons (Fsp3) is 0.273. The normalized spacial score (nSPS) is 13.4. The lowest BCUT2D eigenvalue weighted by Gasteiger charge is -2.08. The number of benzene rings is 1. The molecule has 0 radical (unpaired) electrons. The minimum absolute atomic E-state index is 0.0835. The maximum Gasteiger partial charge on any atom is 0.125 e. The Bertz CT molecular complexity index is 517. The summed E-state index contributed by atoms with van der Waals surface area (Å²) in [5, 5.41) is 0.992. The van der Waals surface area contributed by atoms with Gasteiger partial charge < -0.3 is 10.3 Å². The molecule has 0 saturated heterocycles. The van der Waals surface area contributed by atoms with Crippen molar-refractivity contribution in [2.75, 3.05) is 0 Å². The molecule has 80 valence electrons. The number of aromatic nitrogens is 1. The van der Waals surface area contributed by atoms with Crippen LogP contribution in [0.5, 0.6) is 0 Å². The van der Waals surface area contributed by atoms with E-state index in [9.17, 15) is 4.39 Å². The van der Waals surface area contributed by atoms with Crippen LogP contribution in [-0.2, 0) is 7.05 Å². The van der Waals surface area contributed by atoms with E-state index in [0.717, 1.165) is 21.1 Å². The van der Waals surface area contributed by atoms with Gasteiger partial charge in [0.15, 0.2) is 0 Å². The molecule has 2 aromatic rings. The molecule has 2 N–H and O–H groups in total. The first-order valence-corrected chi connectivity index (χ1v) is 5.50. The van der Waals surface area contributed by atoms with Crippen LogP contribution in [0, 0.1) is 5.82 Å². The van der Waals surface area contributed by atoms with Gasteiger partial charge in [-0.15, -0.1) is 0 Å². The number of hydrogen-bond acceptors (Lipinski definition) is 1. The van der Waals surface area contributed by atoms with E-state index >= 15 is 0 Å². The first-order chi connectivity index (χ1) is 7.02. The third kappa shape index (κ3) is 1.58. The van der Waals surface area contributed by atoms with Gasteiger partial charge in [0.1, 0.15) is 5.82 Å². The first-order valence-electron chi connectivity index (χ1n) is 4.71. The van der Waals surface area contributed by atoms with Crippen LogP contribution in [0.3, 0.4) is 0 Å². The van der Waals surface area contributed by atoms with Crippen molar-refractivity contribution in [3.63, 3.8) is 0 Å². The number of halogens is 2. The van der Waals surface area contributed by atoms with Crippen molar-refractivity contribution in [1.29, 1.82) is 0 Å². The van der Waals surface area contributed by atoms with Crippen LogP contribution in [0.25, 0.3) is 10.9 Å². The fourth-order valence-corrected chi connectivity index (χ4v) is 2.85. The van der Waals surface area contributed by atoms with Crippen molar-refractivity contribution in [2.24, 2.45) is 12.8 Å². The highest BCUT2D eigenvalue weighted by molar-refractivity contribution is 9.10. The van der Waals surface area contributed by atoms with Crippen LogP contribution in [0.4, 0.5) is 4.39 Å². The Labute approximate surface area is 96.0 Å². The quantitative estimate of drug-likeness (QED) is 0.848. The van der Waals surface area contributed by atoms with Gasteiger partial charge in [0, 0.05) is 28.6 Å². The second-order valence-electron chi connectivity index (χ2n) is 3.71. The summed E-state index contributed by atoms with van der Waals surface area (Å²) in [6.07, 6.45) is 0. The minimum Gasteiger partial charge on any atom is -0.345 e. The molecule has 4 heteroatoms. The van der Waals surface area contributed by atoms with Crippen LogP contribution < -0.4 is 5.73 Å². The smallest absolute Gasteiger partial charge is 0.125 e. The van der Waals surface area contributed by atoms with Crippen LogP contribution in [0.15, 0.2) is 22.7 Å². The summed E-state index contributed by atoms with van der Waals surface area (Å²) in [7, 11) is 1.89. The lowest BCUT2D eigenvalue weighted by molar-refractivity contribution is 0.628. The molecule has 2 rings (SSSR count). The summed E-state index contributed by atoms with van der Waals surface area (Å²) in [5.74, 6) is -0.230. The molecule has 1 heterocycles. The molecule has 2 nitrogen and oxygen atoms in total. The largest absolute Gasteiger partial charge is 0.345 e. The maximum absolute atomic E-state index is 13.1. The number of nitrogens with zero attached hydrogens (tertiary/aromatic N) is 1. The maximum atomic E-state index is 13.1. The molecule has 0 fully saturated rings. The lowest BCUT2D eigenvalue weighted by Crippen LogP contribution is -2.10. The molecule has 1 aromatic heterocycles. The molecular weight excluding hydrogens is 259 g/mol. The Balaban J connectivity index is 2.85. The van der Waals surface area contributed by atoms with E-state index in [-0.39, 0.29) is 11.9 Å². The van der Waals surface area contributed by atoms with Crippen molar-refractivity contribution >= 4 is 26.8 Å². The van der Waals surface area contributed by atoms with Gasteiger partial charge in [0.2, 0.25) is 0 Å². The van der Waals surface area contributed by atoms with Crippen molar-refractivity contribution < 1.29 is 4.39 Å². The number of nitrogens with two attached hydrogens (primary N) is 1. The van der Waals surface area contributed by atoms with Gasteiger partial charge >= 0.3 is 0 Å². The molecule has 0 saturated carbocycles. The van der Waals surface area contributed by atoms with E-state index in [2.05, 4.69) is 15.9 Å².